The molecule has 29 heavy (non-hydrogen) atoms. The number of amides is 1. The number of nitrogens with one attached hydrogen (secondary N) is 1. The first-order valence-electron chi connectivity index (χ1n) is 9.43. The van der Waals surface area contributed by atoms with Gasteiger partial charge in [0.05, 0.1) is 32.6 Å². The molecule has 1 N–H and O–H groups in total. The van der Waals surface area contributed by atoms with Crippen molar-refractivity contribution >= 4 is 29.1 Å². The number of aromatic nitrogens is 2. The van der Waals surface area contributed by atoms with Gasteiger partial charge in [-0.15, -0.1) is 0 Å². The van der Waals surface area contributed by atoms with Crippen LogP contribution in [0.15, 0.2) is 18.2 Å². The fraction of sp³-hybridized carbons (Fsp3) is 0.500. The van der Waals surface area contributed by atoms with Crippen molar-refractivity contribution in [1.29, 1.82) is 0 Å². The van der Waals surface area contributed by atoms with Crippen LogP contribution in [-0.4, -0.2) is 21.7 Å². The summed E-state index contributed by atoms with van der Waals surface area (Å²) in [5.41, 5.74) is 0.710. The number of carbonyl (C=O) groups is 1. The maximum Gasteiger partial charge on any atom is 0.416 e. The van der Waals surface area contributed by atoms with E-state index in [1.54, 1.807) is 0 Å². The molecule has 0 bridgehead atoms. The van der Waals surface area contributed by atoms with Crippen LogP contribution in [0.3, 0.4) is 0 Å². The molecule has 1 saturated carbocycles. The molecule has 0 spiro atoms. The molecule has 1 fully saturated rings. The van der Waals surface area contributed by atoms with E-state index in [-0.39, 0.29) is 16.6 Å². The van der Waals surface area contributed by atoms with Crippen LogP contribution in [0.25, 0.3) is 0 Å². The summed E-state index contributed by atoms with van der Waals surface area (Å²) in [6, 6.07) is 2.69. The lowest BCUT2D eigenvalue weighted by molar-refractivity contribution is -0.137. The molecule has 1 heterocycles. The van der Waals surface area contributed by atoms with Crippen LogP contribution in [0.2, 0.25) is 10.0 Å². The quantitative estimate of drug-likeness (QED) is 0.642. The minimum Gasteiger partial charge on any atom is -0.349 e. The van der Waals surface area contributed by atoms with Crippen molar-refractivity contribution in [2.45, 2.75) is 58.3 Å². The number of rotatable bonds is 4. The van der Waals surface area contributed by atoms with Gasteiger partial charge in [0.1, 0.15) is 0 Å². The average molecular weight is 448 g/mol. The van der Waals surface area contributed by atoms with E-state index in [2.05, 4.69) is 10.4 Å². The largest absolute Gasteiger partial charge is 0.416 e. The molecule has 0 radical (unpaired) electrons. The SMILES string of the molecule is Cc1nn(CC2CCC(NC(=O)c3cc(C(F)(F)F)ccc3Cl)CC2)c(C)c1Cl. The smallest absolute Gasteiger partial charge is 0.349 e. The summed E-state index contributed by atoms with van der Waals surface area (Å²) in [6.45, 7) is 4.57. The lowest BCUT2D eigenvalue weighted by Crippen LogP contribution is -2.38. The Bertz CT molecular complexity index is 903. The maximum absolute atomic E-state index is 12.9. The molecule has 4 nitrogen and oxygen atoms in total. The molecule has 0 unspecified atom stereocenters. The van der Waals surface area contributed by atoms with E-state index in [1.807, 2.05) is 18.5 Å². The number of alkyl halides is 3. The highest BCUT2D eigenvalue weighted by Gasteiger charge is 2.32. The van der Waals surface area contributed by atoms with Crippen LogP contribution >= 0.6 is 23.2 Å². The Hall–Kier alpha value is -1.73. The summed E-state index contributed by atoms with van der Waals surface area (Å²) < 4.78 is 40.6. The average Bonchev–Trinajstić information content (AvgIpc) is 2.89. The predicted molar refractivity (Wildman–Crippen MR) is 106 cm³/mol. The van der Waals surface area contributed by atoms with Gasteiger partial charge in [-0.1, -0.05) is 23.2 Å². The summed E-state index contributed by atoms with van der Waals surface area (Å²) >= 11 is 12.1. The molecule has 9 heteroatoms. The van der Waals surface area contributed by atoms with Crippen LogP contribution < -0.4 is 5.32 Å². The van der Waals surface area contributed by atoms with Crippen LogP contribution in [0, 0.1) is 19.8 Å². The summed E-state index contributed by atoms with van der Waals surface area (Å²) in [5.74, 6) is -0.163. The third kappa shape index (κ3) is 5.07. The van der Waals surface area contributed by atoms with Crippen LogP contribution in [0.4, 0.5) is 13.2 Å². The molecule has 1 aliphatic rings. The Labute approximate surface area is 177 Å². The topological polar surface area (TPSA) is 46.9 Å². The van der Waals surface area contributed by atoms with Crippen molar-refractivity contribution < 1.29 is 18.0 Å². The van der Waals surface area contributed by atoms with Gasteiger partial charge in [-0.25, -0.2) is 0 Å². The Morgan fingerprint density at radius 1 is 1.21 bits per heavy atom. The van der Waals surface area contributed by atoms with E-state index in [0.717, 1.165) is 61.8 Å². The van der Waals surface area contributed by atoms with Gasteiger partial charge in [0, 0.05) is 12.6 Å². The number of hydrogen-bond acceptors (Lipinski definition) is 2. The molecule has 0 aliphatic heterocycles. The van der Waals surface area contributed by atoms with Gasteiger partial charge < -0.3 is 5.32 Å². The number of carbonyl (C=O) groups excluding carboxylic acids is 1. The van der Waals surface area contributed by atoms with E-state index in [4.69, 9.17) is 23.2 Å². The zero-order valence-electron chi connectivity index (χ0n) is 16.1. The van der Waals surface area contributed by atoms with E-state index >= 15 is 0 Å². The molecule has 1 aromatic heterocycles. The second-order valence-corrected chi connectivity index (χ2v) is 8.34. The predicted octanol–water partition coefficient (Wildman–Crippen LogP) is 5.81. The molecule has 1 aliphatic carbocycles. The first kappa shape index (κ1) is 22.0. The van der Waals surface area contributed by atoms with Gasteiger partial charge >= 0.3 is 6.18 Å². The Morgan fingerprint density at radius 2 is 1.86 bits per heavy atom. The highest BCUT2D eigenvalue weighted by molar-refractivity contribution is 6.33. The summed E-state index contributed by atoms with van der Waals surface area (Å²) in [7, 11) is 0. The Kier molecular flexibility index (Phi) is 6.48. The standard InChI is InChI=1S/C20H22Cl2F3N3O/c1-11-18(22)12(2)28(27-11)10-13-3-6-15(7-4-13)26-19(29)16-9-14(20(23,24)25)5-8-17(16)21/h5,8-9,13,15H,3-4,6-7,10H2,1-2H3,(H,26,29). The monoisotopic (exact) mass is 447 g/mol. The van der Waals surface area contributed by atoms with Crippen molar-refractivity contribution in [2.75, 3.05) is 0 Å². The first-order valence-corrected chi connectivity index (χ1v) is 10.2. The summed E-state index contributed by atoms with van der Waals surface area (Å²) in [6.07, 6.45) is -1.25. The van der Waals surface area contributed by atoms with Crippen molar-refractivity contribution in [1.82, 2.24) is 15.1 Å². The molecular weight excluding hydrogens is 426 g/mol. The summed E-state index contributed by atoms with van der Waals surface area (Å²) in [4.78, 5) is 12.5. The normalized spacial score (nSPS) is 20.0. The van der Waals surface area contributed by atoms with Crippen molar-refractivity contribution in [2.24, 2.45) is 5.92 Å². The number of benzene rings is 1. The van der Waals surface area contributed by atoms with Gasteiger partial charge in [-0.2, -0.15) is 18.3 Å². The third-order valence-corrected chi connectivity index (χ3v) is 6.32. The number of aryl methyl sites for hydroxylation is 1. The second-order valence-electron chi connectivity index (χ2n) is 7.55. The lowest BCUT2D eigenvalue weighted by atomic mass is 9.86. The van der Waals surface area contributed by atoms with Crippen molar-refractivity contribution in [3.05, 3.63) is 50.8 Å². The minimum atomic E-state index is -4.52. The molecule has 3 rings (SSSR count). The zero-order valence-corrected chi connectivity index (χ0v) is 17.6. The van der Waals surface area contributed by atoms with Gasteiger partial charge in [0.2, 0.25) is 0 Å². The van der Waals surface area contributed by atoms with Crippen molar-refractivity contribution in [3.63, 3.8) is 0 Å². The van der Waals surface area contributed by atoms with Crippen LogP contribution in [-0.2, 0) is 12.7 Å². The van der Waals surface area contributed by atoms with E-state index in [1.165, 1.54) is 0 Å². The number of nitrogens with zero attached hydrogens (tertiary/aromatic N) is 2. The molecule has 0 saturated heterocycles. The molecule has 158 valence electrons. The van der Waals surface area contributed by atoms with Gasteiger partial charge in [-0.05, 0) is 63.6 Å². The third-order valence-electron chi connectivity index (χ3n) is 5.44. The van der Waals surface area contributed by atoms with Crippen molar-refractivity contribution in [3.8, 4) is 0 Å². The molecule has 1 amide bonds. The lowest BCUT2D eigenvalue weighted by Gasteiger charge is -2.29. The van der Waals surface area contributed by atoms with E-state index < -0.39 is 17.6 Å². The molecule has 1 aromatic carbocycles. The van der Waals surface area contributed by atoms with Gasteiger partial charge in [0.25, 0.3) is 5.91 Å². The summed E-state index contributed by atoms with van der Waals surface area (Å²) in [5, 5.41) is 7.98. The van der Waals surface area contributed by atoms with E-state index in [9.17, 15) is 18.0 Å². The van der Waals surface area contributed by atoms with Gasteiger partial charge in [-0.3, -0.25) is 9.48 Å². The second kappa shape index (κ2) is 8.56. The highest BCUT2D eigenvalue weighted by Crippen LogP contribution is 2.32. The Morgan fingerprint density at radius 3 is 2.41 bits per heavy atom. The fourth-order valence-corrected chi connectivity index (χ4v) is 4.06. The van der Waals surface area contributed by atoms with E-state index in [0.29, 0.717) is 10.9 Å². The molecule has 2 aromatic rings. The number of hydrogen-bond donors (Lipinski definition) is 1. The van der Waals surface area contributed by atoms with Crippen LogP contribution in [0.1, 0.15) is 53.0 Å². The number of halogens is 5. The van der Waals surface area contributed by atoms with Crippen LogP contribution in [0.5, 0.6) is 0 Å². The molecule has 0 atom stereocenters. The maximum atomic E-state index is 12.9. The minimum absolute atomic E-state index is 0.00518. The van der Waals surface area contributed by atoms with Gasteiger partial charge in [0.15, 0.2) is 0 Å². The zero-order chi connectivity index (χ0) is 21.3. The first-order chi connectivity index (χ1) is 13.6. The highest BCUT2D eigenvalue weighted by atomic mass is 35.5. The molecular formula is C20H22Cl2F3N3O. The fourth-order valence-electron chi connectivity index (χ4n) is 3.73. The Balaban J connectivity index is 1.58.